The van der Waals surface area contributed by atoms with Gasteiger partial charge in [-0.2, -0.15) is 0 Å². The van der Waals surface area contributed by atoms with Crippen LogP contribution < -0.4 is 16.0 Å². The van der Waals surface area contributed by atoms with E-state index in [0.29, 0.717) is 35.4 Å². The topological polar surface area (TPSA) is 94.4 Å². The van der Waals surface area contributed by atoms with Crippen LogP contribution in [-0.4, -0.2) is 18.1 Å². The van der Waals surface area contributed by atoms with Crippen molar-refractivity contribution in [3.8, 4) is 5.75 Å². The molecule has 0 fully saturated rings. The number of pyridine rings is 1. The Kier molecular flexibility index (Phi) is 7.07. The zero-order valence-electron chi connectivity index (χ0n) is 16.8. The third kappa shape index (κ3) is 4.80. The van der Waals surface area contributed by atoms with E-state index < -0.39 is 0 Å². The minimum Gasteiger partial charge on any atom is -0.487 e. The maximum atomic E-state index is 12.3. The summed E-state index contributed by atoms with van der Waals surface area (Å²) in [7, 11) is 1.35. The van der Waals surface area contributed by atoms with Gasteiger partial charge < -0.3 is 20.2 Å². The zero-order chi connectivity index (χ0) is 21.7. The number of methoxy groups -OCH3 is 1. The summed E-state index contributed by atoms with van der Waals surface area (Å²) in [5.74, 6) is 0.118. The lowest BCUT2D eigenvalue weighted by atomic mass is 10.0. The number of aryl methyl sites for hydroxylation is 1. The second kappa shape index (κ2) is 9.73. The molecular formula is C23H23BrN2O4. The molecule has 0 bridgehead atoms. The molecule has 0 amide bonds. The van der Waals surface area contributed by atoms with Gasteiger partial charge in [0.05, 0.1) is 12.7 Å². The average molecular weight is 471 g/mol. The fourth-order valence-corrected chi connectivity index (χ4v) is 3.65. The summed E-state index contributed by atoms with van der Waals surface area (Å²) in [4.78, 5) is 26.8. The second-order valence-electron chi connectivity index (χ2n) is 6.83. The van der Waals surface area contributed by atoms with Crippen LogP contribution in [0.15, 0.2) is 57.8 Å². The normalized spacial score (nSPS) is 10.7. The number of carbonyl (C=O) groups is 1. The third-order valence-electron chi connectivity index (χ3n) is 4.89. The van der Waals surface area contributed by atoms with Gasteiger partial charge in [-0.15, -0.1) is 0 Å². The van der Waals surface area contributed by atoms with Crippen molar-refractivity contribution in [2.24, 2.45) is 5.73 Å². The van der Waals surface area contributed by atoms with Crippen LogP contribution in [0.3, 0.4) is 0 Å². The highest BCUT2D eigenvalue weighted by molar-refractivity contribution is 9.10. The molecule has 3 aromatic rings. The van der Waals surface area contributed by atoms with Crippen molar-refractivity contribution in [1.29, 1.82) is 0 Å². The molecular weight excluding hydrogens is 448 g/mol. The van der Waals surface area contributed by atoms with E-state index >= 15 is 0 Å². The Bertz CT molecular complexity index is 1110. The SMILES string of the molecule is COC(=O)c1ccc(Cc2c(C)[nH]c(=O)c(Br)c2OCc2ccccc2CN)cc1. The molecule has 0 saturated heterocycles. The number of rotatable bonds is 7. The quantitative estimate of drug-likeness (QED) is 0.511. The first-order valence-electron chi connectivity index (χ1n) is 9.42. The highest BCUT2D eigenvalue weighted by Gasteiger charge is 2.17. The standard InChI is InChI=1S/C23H23BrN2O4/c1-14-19(11-15-7-9-16(10-8-15)23(28)29-2)21(20(24)22(27)26-14)30-13-18-6-4-3-5-17(18)12-25/h3-10H,11-13,25H2,1-2H3,(H,26,27). The summed E-state index contributed by atoms with van der Waals surface area (Å²) >= 11 is 3.37. The number of halogens is 1. The first-order chi connectivity index (χ1) is 14.4. The maximum absolute atomic E-state index is 12.3. The molecule has 0 unspecified atom stereocenters. The summed E-state index contributed by atoms with van der Waals surface area (Å²) in [6.45, 7) is 2.55. The van der Waals surface area contributed by atoms with Gasteiger partial charge in [0.25, 0.3) is 5.56 Å². The van der Waals surface area contributed by atoms with Crippen molar-refractivity contribution < 1.29 is 14.3 Å². The van der Waals surface area contributed by atoms with Crippen LogP contribution in [0.25, 0.3) is 0 Å². The number of aromatic amines is 1. The number of nitrogens with two attached hydrogens (primary N) is 1. The smallest absolute Gasteiger partial charge is 0.337 e. The summed E-state index contributed by atoms with van der Waals surface area (Å²) in [5, 5.41) is 0. The molecule has 1 aromatic heterocycles. The summed E-state index contributed by atoms with van der Waals surface area (Å²) in [6.07, 6.45) is 0.524. The van der Waals surface area contributed by atoms with Crippen molar-refractivity contribution in [2.75, 3.05) is 7.11 Å². The monoisotopic (exact) mass is 470 g/mol. The molecule has 156 valence electrons. The Balaban J connectivity index is 1.92. The molecule has 7 heteroatoms. The van der Waals surface area contributed by atoms with E-state index in [2.05, 4.69) is 20.9 Å². The molecule has 30 heavy (non-hydrogen) atoms. The molecule has 1 heterocycles. The second-order valence-corrected chi connectivity index (χ2v) is 7.62. The molecule has 0 radical (unpaired) electrons. The predicted molar refractivity (Wildman–Crippen MR) is 119 cm³/mol. The van der Waals surface area contributed by atoms with Gasteiger partial charge in [0, 0.05) is 24.2 Å². The number of hydrogen-bond acceptors (Lipinski definition) is 5. The van der Waals surface area contributed by atoms with Gasteiger partial charge in [0.2, 0.25) is 0 Å². The number of esters is 1. The third-order valence-corrected chi connectivity index (χ3v) is 5.61. The summed E-state index contributed by atoms with van der Waals surface area (Å²) in [6, 6.07) is 14.9. The Morgan fingerprint density at radius 1 is 1.10 bits per heavy atom. The van der Waals surface area contributed by atoms with Gasteiger partial charge in [-0.3, -0.25) is 4.79 Å². The lowest BCUT2D eigenvalue weighted by molar-refractivity contribution is 0.0600. The fourth-order valence-electron chi connectivity index (χ4n) is 3.20. The van der Waals surface area contributed by atoms with Gasteiger partial charge in [0.15, 0.2) is 0 Å². The number of carbonyl (C=O) groups excluding carboxylic acids is 1. The van der Waals surface area contributed by atoms with E-state index in [9.17, 15) is 9.59 Å². The Morgan fingerprint density at radius 2 is 1.77 bits per heavy atom. The van der Waals surface area contributed by atoms with E-state index in [1.54, 1.807) is 12.1 Å². The van der Waals surface area contributed by atoms with Crippen molar-refractivity contribution >= 4 is 21.9 Å². The van der Waals surface area contributed by atoms with Crippen LogP contribution in [0.5, 0.6) is 5.75 Å². The highest BCUT2D eigenvalue weighted by atomic mass is 79.9. The van der Waals surface area contributed by atoms with E-state index in [1.165, 1.54) is 7.11 Å². The number of nitrogens with one attached hydrogen (secondary N) is 1. The number of ether oxygens (including phenoxy) is 2. The maximum Gasteiger partial charge on any atom is 0.337 e. The molecule has 0 atom stereocenters. The van der Waals surface area contributed by atoms with Crippen LogP contribution in [0.2, 0.25) is 0 Å². The van der Waals surface area contributed by atoms with Crippen LogP contribution in [0, 0.1) is 6.92 Å². The number of hydrogen-bond donors (Lipinski definition) is 2. The minimum atomic E-state index is -0.382. The number of aromatic nitrogens is 1. The van der Waals surface area contributed by atoms with Gasteiger partial charge >= 0.3 is 5.97 Å². The number of benzene rings is 2. The number of H-pyrrole nitrogens is 1. The van der Waals surface area contributed by atoms with Crippen LogP contribution in [0.1, 0.15) is 38.3 Å². The van der Waals surface area contributed by atoms with E-state index in [1.807, 2.05) is 43.3 Å². The first kappa shape index (κ1) is 21.8. The van der Waals surface area contributed by atoms with Crippen LogP contribution in [0.4, 0.5) is 0 Å². The molecule has 2 aromatic carbocycles. The van der Waals surface area contributed by atoms with Gasteiger partial charge in [-0.05, 0) is 51.7 Å². The van der Waals surface area contributed by atoms with Crippen molar-refractivity contribution in [3.63, 3.8) is 0 Å². The molecule has 3 rings (SSSR count). The molecule has 0 aliphatic heterocycles. The largest absolute Gasteiger partial charge is 0.487 e. The van der Waals surface area contributed by atoms with Crippen LogP contribution >= 0.6 is 15.9 Å². The molecule has 6 nitrogen and oxygen atoms in total. The highest BCUT2D eigenvalue weighted by Crippen LogP contribution is 2.31. The van der Waals surface area contributed by atoms with E-state index in [-0.39, 0.29) is 11.5 Å². The van der Waals surface area contributed by atoms with Gasteiger partial charge in [-0.25, -0.2) is 4.79 Å². The molecule has 0 aliphatic carbocycles. The van der Waals surface area contributed by atoms with Crippen molar-refractivity contribution in [3.05, 3.63) is 96.9 Å². The van der Waals surface area contributed by atoms with E-state index in [0.717, 1.165) is 27.9 Å². The average Bonchev–Trinajstić information content (AvgIpc) is 2.77. The predicted octanol–water partition coefficient (Wildman–Crippen LogP) is 3.86. The Hall–Kier alpha value is -2.90. The lowest BCUT2D eigenvalue weighted by Gasteiger charge is -2.17. The van der Waals surface area contributed by atoms with Crippen LogP contribution in [-0.2, 0) is 24.3 Å². The first-order valence-corrected chi connectivity index (χ1v) is 10.2. The molecule has 0 saturated carbocycles. The van der Waals surface area contributed by atoms with Gasteiger partial charge in [0.1, 0.15) is 16.8 Å². The fraction of sp³-hybridized carbons (Fsp3) is 0.217. The summed E-state index contributed by atoms with van der Waals surface area (Å²) in [5.41, 5.74) is 10.6. The van der Waals surface area contributed by atoms with Crippen molar-refractivity contribution in [2.45, 2.75) is 26.5 Å². The van der Waals surface area contributed by atoms with Crippen molar-refractivity contribution in [1.82, 2.24) is 4.98 Å². The Morgan fingerprint density at radius 3 is 2.40 bits per heavy atom. The minimum absolute atomic E-state index is 0.251. The zero-order valence-corrected chi connectivity index (χ0v) is 18.4. The molecule has 0 aliphatic rings. The molecule has 3 N–H and O–H groups in total. The Labute approximate surface area is 183 Å². The molecule has 0 spiro atoms. The summed E-state index contributed by atoms with van der Waals surface area (Å²) < 4.78 is 11.2. The lowest BCUT2D eigenvalue weighted by Crippen LogP contribution is -2.15. The van der Waals surface area contributed by atoms with E-state index in [4.69, 9.17) is 15.2 Å². The van der Waals surface area contributed by atoms with Gasteiger partial charge in [-0.1, -0.05) is 36.4 Å².